The van der Waals surface area contributed by atoms with Gasteiger partial charge in [0.05, 0.1) is 34.4 Å². The zero-order chi connectivity index (χ0) is 17.8. The first-order chi connectivity index (χ1) is 10.7. The summed E-state index contributed by atoms with van der Waals surface area (Å²) in [6.07, 6.45) is 3.07. The number of quaternary nitrogens is 1. The van der Waals surface area contributed by atoms with Gasteiger partial charge in [-0.05, 0) is 19.4 Å². The normalized spacial score (nSPS) is 16.3. The monoisotopic (exact) mass is 357 g/mol. The lowest BCUT2D eigenvalue weighted by molar-refractivity contribution is -0.870. The smallest absolute Gasteiger partial charge is 0.388 e. The number of aliphatic hydroxyl groups excluding tert-OH is 1. The van der Waals surface area contributed by atoms with Gasteiger partial charge < -0.3 is 25.0 Å². The van der Waals surface area contributed by atoms with Crippen LogP contribution in [-0.2, 0) is 18.3 Å². The van der Waals surface area contributed by atoms with Gasteiger partial charge in [-0.15, -0.1) is 0 Å². The van der Waals surface area contributed by atoms with Crippen LogP contribution in [-0.4, -0.2) is 81.2 Å². The third-order valence-electron chi connectivity index (χ3n) is 3.00. The summed E-state index contributed by atoms with van der Waals surface area (Å²) in [6, 6.07) is 0. The Labute approximate surface area is 139 Å². The van der Waals surface area contributed by atoms with Crippen molar-refractivity contribution in [1.29, 1.82) is 0 Å². The highest BCUT2D eigenvalue weighted by molar-refractivity contribution is 7.47. The second-order valence-corrected chi connectivity index (χ2v) is 8.00. The Hall–Kier alpha value is -0.0500. The van der Waals surface area contributed by atoms with Crippen LogP contribution in [0, 0.1) is 0 Å². The molecular formula is C14H34N2O6P+. The summed E-state index contributed by atoms with van der Waals surface area (Å²) in [5, 5.41) is 9.65. The first-order valence-corrected chi connectivity index (χ1v) is 9.54. The van der Waals surface area contributed by atoms with Gasteiger partial charge in [-0.2, -0.15) is 0 Å². The van der Waals surface area contributed by atoms with E-state index in [2.05, 4.69) is 0 Å². The summed E-state index contributed by atoms with van der Waals surface area (Å²) >= 11 is 0. The number of phosphoric acid groups is 1. The zero-order valence-electron chi connectivity index (χ0n) is 14.6. The SMILES string of the molecule is C[N+](C)(C)CCOP(=O)(O)OC[C@H](O)COCCCCCCN. The molecule has 9 heteroatoms. The van der Waals surface area contributed by atoms with Gasteiger partial charge in [-0.3, -0.25) is 9.05 Å². The summed E-state index contributed by atoms with van der Waals surface area (Å²) in [7, 11) is 1.72. The average Bonchev–Trinajstić information content (AvgIpc) is 2.42. The highest BCUT2D eigenvalue weighted by Gasteiger charge is 2.23. The predicted octanol–water partition coefficient (Wildman–Crippen LogP) is 0.723. The van der Waals surface area contributed by atoms with Crippen molar-refractivity contribution in [3.05, 3.63) is 0 Å². The molecule has 0 aliphatic carbocycles. The number of aliphatic hydroxyl groups is 1. The van der Waals surface area contributed by atoms with Crippen molar-refractivity contribution in [3.63, 3.8) is 0 Å². The summed E-state index contributed by atoms with van der Waals surface area (Å²) in [6.45, 7) is 1.69. The number of nitrogens with two attached hydrogens (primary N) is 1. The van der Waals surface area contributed by atoms with Crippen molar-refractivity contribution in [1.82, 2.24) is 0 Å². The molecule has 0 radical (unpaired) electrons. The minimum Gasteiger partial charge on any atom is -0.388 e. The molecule has 0 rings (SSSR count). The van der Waals surface area contributed by atoms with Gasteiger partial charge in [0.15, 0.2) is 0 Å². The van der Waals surface area contributed by atoms with Crippen LogP contribution < -0.4 is 5.73 Å². The fourth-order valence-corrected chi connectivity index (χ4v) is 2.36. The third kappa shape index (κ3) is 16.6. The van der Waals surface area contributed by atoms with Crippen molar-refractivity contribution >= 4 is 7.82 Å². The van der Waals surface area contributed by atoms with Gasteiger partial charge in [0.2, 0.25) is 0 Å². The first-order valence-electron chi connectivity index (χ1n) is 8.04. The Morgan fingerprint density at radius 3 is 2.30 bits per heavy atom. The Morgan fingerprint density at radius 2 is 1.70 bits per heavy atom. The molecule has 8 nitrogen and oxygen atoms in total. The molecule has 23 heavy (non-hydrogen) atoms. The van der Waals surface area contributed by atoms with E-state index in [-0.39, 0.29) is 19.8 Å². The van der Waals surface area contributed by atoms with E-state index in [1.807, 2.05) is 21.1 Å². The number of ether oxygens (including phenoxy) is 1. The fourth-order valence-electron chi connectivity index (χ4n) is 1.62. The van der Waals surface area contributed by atoms with Crippen LogP contribution >= 0.6 is 7.82 Å². The number of likely N-dealkylation sites (N-methyl/N-ethyl adjacent to an activating group) is 1. The van der Waals surface area contributed by atoms with E-state index < -0.39 is 13.9 Å². The highest BCUT2D eigenvalue weighted by atomic mass is 31.2. The largest absolute Gasteiger partial charge is 0.472 e. The second kappa shape index (κ2) is 12.3. The second-order valence-electron chi connectivity index (χ2n) is 6.54. The van der Waals surface area contributed by atoms with Crippen molar-refractivity contribution in [2.75, 3.05) is 60.7 Å². The van der Waals surface area contributed by atoms with E-state index in [1.165, 1.54) is 0 Å². The van der Waals surface area contributed by atoms with Crippen LogP contribution in [0.1, 0.15) is 25.7 Å². The van der Waals surface area contributed by atoms with E-state index in [1.54, 1.807) is 0 Å². The van der Waals surface area contributed by atoms with Crippen LogP contribution in [0.4, 0.5) is 0 Å². The van der Waals surface area contributed by atoms with E-state index in [9.17, 15) is 14.6 Å². The standard InChI is InChI=1S/C14H33N2O6P/c1-16(2,3)9-11-21-23(18,19)22-13-14(17)12-20-10-7-5-4-6-8-15/h14,17H,4-13,15H2,1-3H3/p+1/t14-/m1/s1. The van der Waals surface area contributed by atoms with Gasteiger partial charge >= 0.3 is 7.82 Å². The quantitative estimate of drug-likeness (QED) is 0.225. The van der Waals surface area contributed by atoms with Crippen molar-refractivity contribution in [2.24, 2.45) is 5.73 Å². The maximum absolute atomic E-state index is 11.6. The summed E-state index contributed by atoms with van der Waals surface area (Å²) in [5.74, 6) is 0. The maximum atomic E-state index is 11.6. The number of nitrogens with zero attached hydrogens (tertiary/aromatic N) is 1. The third-order valence-corrected chi connectivity index (χ3v) is 3.98. The van der Waals surface area contributed by atoms with E-state index in [4.69, 9.17) is 19.5 Å². The Bertz CT molecular complexity index is 338. The predicted molar refractivity (Wildman–Crippen MR) is 89.0 cm³/mol. The number of phosphoric ester groups is 1. The number of hydrogen-bond donors (Lipinski definition) is 3. The molecule has 0 aliphatic rings. The molecule has 0 heterocycles. The van der Waals surface area contributed by atoms with Gasteiger partial charge in [-0.25, -0.2) is 4.57 Å². The van der Waals surface area contributed by atoms with Crippen molar-refractivity contribution < 1.29 is 32.8 Å². The Morgan fingerprint density at radius 1 is 1.04 bits per heavy atom. The van der Waals surface area contributed by atoms with Crippen LogP contribution in [0.2, 0.25) is 0 Å². The molecule has 0 fully saturated rings. The fraction of sp³-hybridized carbons (Fsp3) is 1.00. The van der Waals surface area contributed by atoms with Crippen molar-refractivity contribution in [3.8, 4) is 0 Å². The number of hydrogen-bond acceptors (Lipinski definition) is 6. The molecule has 0 aromatic carbocycles. The molecule has 0 spiro atoms. The van der Waals surface area contributed by atoms with E-state index >= 15 is 0 Å². The molecule has 0 saturated carbocycles. The highest BCUT2D eigenvalue weighted by Crippen LogP contribution is 2.43. The average molecular weight is 357 g/mol. The topological polar surface area (TPSA) is 111 Å². The van der Waals surface area contributed by atoms with Crippen LogP contribution in [0.25, 0.3) is 0 Å². The summed E-state index contributed by atoms with van der Waals surface area (Å²) in [4.78, 5) is 9.49. The van der Waals surface area contributed by atoms with Gasteiger partial charge in [-0.1, -0.05) is 12.8 Å². The molecule has 4 N–H and O–H groups in total. The van der Waals surface area contributed by atoms with Crippen LogP contribution in [0.3, 0.4) is 0 Å². The first kappa shape index (κ1) is 22.9. The lowest BCUT2D eigenvalue weighted by Crippen LogP contribution is -2.37. The molecule has 0 amide bonds. The Balaban J connectivity index is 3.66. The summed E-state index contributed by atoms with van der Waals surface area (Å²) < 4.78 is 27.1. The molecule has 0 aromatic rings. The molecule has 0 bridgehead atoms. The van der Waals surface area contributed by atoms with Crippen molar-refractivity contribution in [2.45, 2.75) is 31.8 Å². The van der Waals surface area contributed by atoms with Crippen LogP contribution in [0.5, 0.6) is 0 Å². The molecular weight excluding hydrogens is 323 g/mol. The molecule has 1 unspecified atom stereocenters. The van der Waals surface area contributed by atoms with E-state index in [0.717, 1.165) is 25.7 Å². The molecule has 0 saturated heterocycles. The molecule has 140 valence electrons. The van der Waals surface area contributed by atoms with E-state index in [0.29, 0.717) is 24.2 Å². The lowest BCUT2D eigenvalue weighted by atomic mass is 10.2. The summed E-state index contributed by atoms with van der Waals surface area (Å²) in [5.41, 5.74) is 5.40. The minimum absolute atomic E-state index is 0.0652. The lowest BCUT2D eigenvalue weighted by Gasteiger charge is -2.24. The minimum atomic E-state index is -4.13. The van der Waals surface area contributed by atoms with Gasteiger partial charge in [0.25, 0.3) is 0 Å². The van der Waals surface area contributed by atoms with Gasteiger partial charge in [0.1, 0.15) is 19.3 Å². The van der Waals surface area contributed by atoms with Gasteiger partial charge in [0, 0.05) is 6.61 Å². The molecule has 0 aromatic heterocycles. The zero-order valence-corrected chi connectivity index (χ0v) is 15.5. The Kier molecular flexibility index (Phi) is 12.3. The molecule has 2 atom stereocenters. The maximum Gasteiger partial charge on any atom is 0.472 e. The molecule has 0 aliphatic heterocycles. The number of unbranched alkanes of at least 4 members (excludes halogenated alkanes) is 3. The number of rotatable bonds is 15. The van der Waals surface area contributed by atoms with Crippen LogP contribution in [0.15, 0.2) is 0 Å².